The van der Waals surface area contributed by atoms with E-state index >= 15 is 0 Å². The topological polar surface area (TPSA) is 39.1 Å². The third-order valence-electron chi connectivity index (χ3n) is 3.22. The Hall–Kier alpha value is -1.81. The van der Waals surface area contributed by atoms with Gasteiger partial charge in [0.15, 0.2) is 0 Å². The van der Waals surface area contributed by atoms with Crippen molar-refractivity contribution in [2.75, 3.05) is 25.1 Å². The van der Waals surface area contributed by atoms with E-state index in [-0.39, 0.29) is 0 Å². The monoisotopic (exact) mass is 273 g/mol. The molecule has 1 heterocycles. The second-order valence-corrected chi connectivity index (χ2v) is 4.89. The van der Waals surface area contributed by atoms with Crippen LogP contribution < -0.4 is 5.32 Å². The fraction of sp³-hybridized carbons (Fsp3) is 0.438. The van der Waals surface area contributed by atoms with E-state index < -0.39 is 0 Å². The van der Waals surface area contributed by atoms with E-state index in [4.69, 9.17) is 4.74 Å². The summed E-state index contributed by atoms with van der Waals surface area (Å²) in [5.41, 5.74) is 3.67. The van der Waals surface area contributed by atoms with E-state index in [0.717, 1.165) is 32.1 Å². The molecule has 1 aromatic heterocycles. The van der Waals surface area contributed by atoms with Crippen LogP contribution in [0.1, 0.15) is 24.5 Å². The molecule has 0 radical (unpaired) electrons. The molecule has 0 spiro atoms. The Bertz CT molecular complexity index is 548. The van der Waals surface area contributed by atoms with E-state index in [1.54, 1.807) is 0 Å². The van der Waals surface area contributed by atoms with Gasteiger partial charge in [-0.1, -0.05) is 12.1 Å². The SMILES string of the molecule is CCOCCCNc1nccn1-c1cc(C)ccc1C. The molecule has 4 nitrogen and oxygen atoms in total. The lowest BCUT2D eigenvalue weighted by Gasteiger charge is -2.13. The molecule has 108 valence electrons. The highest BCUT2D eigenvalue weighted by molar-refractivity contribution is 5.48. The van der Waals surface area contributed by atoms with Crippen molar-refractivity contribution >= 4 is 5.95 Å². The zero-order valence-corrected chi connectivity index (χ0v) is 12.5. The fourth-order valence-electron chi connectivity index (χ4n) is 2.13. The number of rotatable bonds is 7. The molecule has 1 aromatic carbocycles. The van der Waals surface area contributed by atoms with Crippen LogP contribution >= 0.6 is 0 Å². The lowest BCUT2D eigenvalue weighted by Crippen LogP contribution is -2.10. The van der Waals surface area contributed by atoms with Crippen LogP contribution in [0.4, 0.5) is 5.95 Å². The first-order valence-corrected chi connectivity index (χ1v) is 7.15. The van der Waals surface area contributed by atoms with Crippen molar-refractivity contribution in [3.05, 3.63) is 41.7 Å². The second-order valence-electron chi connectivity index (χ2n) is 4.89. The summed E-state index contributed by atoms with van der Waals surface area (Å²) in [5, 5.41) is 3.37. The predicted octanol–water partition coefficient (Wildman–Crippen LogP) is 3.33. The number of aryl methyl sites for hydroxylation is 2. The second kappa shape index (κ2) is 7.10. The van der Waals surface area contributed by atoms with Crippen molar-refractivity contribution in [1.29, 1.82) is 0 Å². The number of imidazole rings is 1. The Labute approximate surface area is 120 Å². The predicted molar refractivity (Wildman–Crippen MR) is 82.6 cm³/mol. The van der Waals surface area contributed by atoms with Crippen LogP contribution in [0.15, 0.2) is 30.6 Å². The minimum atomic E-state index is 0.775. The molecule has 2 rings (SSSR count). The number of benzene rings is 1. The van der Waals surface area contributed by atoms with Crippen LogP contribution in [0, 0.1) is 13.8 Å². The third kappa shape index (κ3) is 3.61. The first-order valence-electron chi connectivity index (χ1n) is 7.15. The molecule has 0 aliphatic heterocycles. The van der Waals surface area contributed by atoms with Gasteiger partial charge in [0.05, 0.1) is 5.69 Å². The van der Waals surface area contributed by atoms with Crippen molar-refractivity contribution < 1.29 is 4.74 Å². The summed E-state index contributed by atoms with van der Waals surface area (Å²) < 4.78 is 7.44. The average Bonchev–Trinajstić information content (AvgIpc) is 2.89. The Balaban J connectivity index is 2.06. The smallest absolute Gasteiger partial charge is 0.207 e. The number of aromatic nitrogens is 2. The summed E-state index contributed by atoms with van der Waals surface area (Å²) in [6.45, 7) is 8.66. The summed E-state index contributed by atoms with van der Waals surface area (Å²) in [6, 6.07) is 6.46. The molecule has 4 heteroatoms. The molecule has 0 bridgehead atoms. The molecule has 0 aliphatic carbocycles. The molecule has 1 N–H and O–H groups in total. The molecule has 0 saturated carbocycles. The lowest BCUT2D eigenvalue weighted by molar-refractivity contribution is 0.147. The van der Waals surface area contributed by atoms with Crippen molar-refractivity contribution in [2.45, 2.75) is 27.2 Å². The Morgan fingerprint density at radius 3 is 2.95 bits per heavy atom. The lowest BCUT2D eigenvalue weighted by atomic mass is 10.1. The van der Waals surface area contributed by atoms with Gasteiger partial charge in [-0.3, -0.25) is 4.57 Å². The highest BCUT2D eigenvalue weighted by atomic mass is 16.5. The zero-order valence-electron chi connectivity index (χ0n) is 12.5. The van der Waals surface area contributed by atoms with Crippen molar-refractivity contribution in [2.24, 2.45) is 0 Å². The summed E-state index contributed by atoms with van der Waals surface area (Å²) in [7, 11) is 0. The van der Waals surface area contributed by atoms with Crippen molar-refractivity contribution in [3.8, 4) is 5.69 Å². The van der Waals surface area contributed by atoms with Gasteiger partial charge < -0.3 is 10.1 Å². The van der Waals surface area contributed by atoms with Gasteiger partial charge in [0.1, 0.15) is 0 Å². The Morgan fingerprint density at radius 2 is 2.15 bits per heavy atom. The van der Waals surface area contributed by atoms with Crippen LogP contribution in [0.2, 0.25) is 0 Å². The number of hydrogen-bond acceptors (Lipinski definition) is 3. The average molecular weight is 273 g/mol. The highest BCUT2D eigenvalue weighted by Gasteiger charge is 2.07. The van der Waals surface area contributed by atoms with Gasteiger partial charge in [-0.15, -0.1) is 0 Å². The molecular weight excluding hydrogens is 250 g/mol. The van der Waals surface area contributed by atoms with Crippen molar-refractivity contribution in [1.82, 2.24) is 9.55 Å². The molecule has 0 fully saturated rings. The molecule has 0 amide bonds. The van der Waals surface area contributed by atoms with Gasteiger partial charge in [-0.2, -0.15) is 0 Å². The summed E-state index contributed by atoms with van der Waals surface area (Å²) in [5.74, 6) is 0.884. The largest absolute Gasteiger partial charge is 0.382 e. The molecule has 0 saturated heterocycles. The van der Waals surface area contributed by atoms with Gasteiger partial charge in [0, 0.05) is 32.2 Å². The maximum absolute atomic E-state index is 5.34. The van der Waals surface area contributed by atoms with Crippen LogP contribution in [-0.2, 0) is 4.74 Å². The summed E-state index contributed by atoms with van der Waals surface area (Å²) >= 11 is 0. The Morgan fingerprint density at radius 1 is 1.30 bits per heavy atom. The van der Waals surface area contributed by atoms with Crippen molar-refractivity contribution in [3.63, 3.8) is 0 Å². The molecule has 0 aliphatic rings. The number of hydrogen-bond donors (Lipinski definition) is 1. The van der Waals surface area contributed by atoms with Crippen LogP contribution in [0.5, 0.6) is 0 Å². The number of anilines is 1. The highest BCUT2D eigenvalue weighted by Crippen LogP contribution is 2.19. The summed E-state index contributed by atoms with van der Waals surface area (Å²) in [4.78, 5) is 4.39. The van der Waals surface area contributed by atoms with Gasteiger partial charge in [-0.25, -0.2) is 4.98 Å². The van der Waals surface area contributed by atoms with Gasteiger partial charge in [0.2, 0.25) is 5.95 Å². The molecular formula is C16H23N3O. The molecule has 2 aromatic rings. The molecule has 0 unspecified atom stereocenters. The maximum Gasteiger partial charge on any atom is 0.207 e. The van der Waals surface area contributed by atoms with Crippen LogP contribution in [0.25, 0.3) is 5.69 Å². The van der Waals surface area contributed by atoms with E-state index in [0.29, 0.717) is 0 Å². The molecule has 0 atom stereocenters. The van der Waals surface area contributed by atoms with Gasteiger partial charge >= 0.3 is 0 Å². The number of nitrogens with one attached hydrogen (secondary N) is 1. The quantitative estimate of drug-likeness (QED) is 0.786. The van der Waals surface area contributed by atoms with E-state index in [2.05, 4.69) is 46.9 Å². The number of nitrogens with zero attached hydrogens (tertiary/aromatic N) is 2. The van der Waals surface area contributed by atoms with Crippen LogP contribution in [-0.4, -0.2) is 29.3 Å². The van der Waals surface area contributed by atoms with E-state index in [1.807, 2.05) is 19.3 Å². The molecule has 20 heavy (non-hydrogen) atoms. The van der Waals surface area contributed by atoms with Gasteiger partial charge in [-0.05, 0) is 44.4 Å². The third-order valence-corrected chi connectivity index (χ3v) is 3.22. The summed E-state index contributed by atoms with van der Waals surface area (Å²) in [6.07, 6.45) is 4.80. The minimum Gasteiger partial charge on any atom is -0.382 e. The van der Waals surface area contributed by atoms with E-state index in [9.17, 15) is 0 Å². The zero-order chi connectivity index (χ0) is 14.4. The van der Waals surface area contributed by atoms with Crippen LogP contribution in [0.3, 0.4) is 0 Å². The van der Waals surface area contributed by atoms with E-state index in [1.165, 1.54) is 16.8 Å². The standard InChI is InChI=1S/C16H23N3O/c1-4-20-11-5-8-17-16-18-9-10-19(16)15-12-13(2)6-7-14(15)3/h6-7,9-10,12H,4-5,8,11H2,1-3H3,(H,17,18). The first-order chi connectivity index (χ1) is 9.72. The fourth-order valence-corrected chi connectivity index (χ4v) is 2.13. The van der Waals surface area contributed by atoms with Gasteiger partial charge in [0.25, 0.3) is 0 Å². The first kappa shape index (κ1) is 14.6. The normalized spacial score (nSPS) is 10.8. The minimum absolute atomic E-state index is 0.775. The number of ether oxygens (including phenoxy) is 1. The Kier molecular flexibility index (Phi) is 5.18. The maximum atomic E-state index is 5.34.